The number of nitrogens with one attached hydrogen (secondary N) is 1. The number of amides is 1. The van der Waals surface area contributed by atoms with Gasteiger partial charge in [-0.15, -0.1) is 0 Å². The number of benzene rings is 3. The maximum atomic E-state index is 13.4. The number of carbonyl (C=O) groups excluding carboxylic acids is 1. The van der Waals surface area contributed by atoms with E-state index in [1.54, 1.807) is 18.2 Å². The molecule has 33 heavy (non-hydrogen) atoms. The summed E-state index contributed by atoms with van der Waals surface area (Å²) in [5.41, 5.74) is 3.66. The molecule has 0 aromatic heterocycles. The van der Waals surface area contributed by atoms with Crippen LogP contribution >= 0.6 is 38.5 Å². The number of rotatable bonds is 6. The fourth-order valence-corrected chi connectivity index (χ4v) is 4.84. The number of hydrogen-bond donors (Lipinski definition) is 1. The molecule has 6 nitrogen and oxygen atoms in total. The van der Waals surface area contributed by atoms with Crippen LogP contribution in [0.5, 0.6) is 0 Å². The molecule has 0 saturated heterocycles. The molecule has 3 aromatic rings. The highest BCUT2D eigenvalue weighted by atomic mass is 127. The lowest BCUT2D eigenvalue weighted by molar-refractivity contribution is -0.385. The molecule has 1 N–H and O–H groups in total. The minimum Gasteiger partial charge on any atom is -0.321 e. The molecule has 4 rings (SSSR count). The molecule has 1 heterocycles. The summed E-state index contributed by atoms with van der Waals surface area (Å²) in [7, 11) is 0. The van der Waals surface area contributed by atoms with E-state index in [9.17, 15) is 14.9 Å². The Labute approximate surface area is 214 Å². The van der Waals surface area contributed by atoms with Gasteiger partial charge < -0.3 is 5.32 Å². The highest BCUT2D eigenvalue weighted by Gasteiger charge is 2.28. The van der Waals surface area contributed by atoms with Gasteiger partial charge in [-0.05, 0) is 74.3 Å². The van der Waals surface area contributed by atoms with Gasteiger partial charge in [0, 0.05) is 35.7 Å². The summed E-state index contributed by atoms with van der Waals surface area (Å²) in [4.78, 5) is 27.0. The Bertz CT molecular complexity index is 1230. The van der Waals surface area contributed by atoms with Crippen molar-refractivity contribution in [3.63, 3.8) is 0 Å². The zero-order chi connectivity index (χ0) is 23.4. The maximum Gasteiger partial charge on any atom is 0.276 e. The molecule has 1 aliphatic heterocycles. The number of hydrogen-bond acceptors (Lipinski definition) is 4. The first-order chi connectivity index (χ1) is 15.9. The first-order valence-electron chi connectivity index (χ1n) is 10.4. The van der Waals surface area contributed by atoms with Crippen molar-refractivity contribution in [2.75, 3.05) is 18.4 Å². The quantitative estimate of drug-likeness (QED) is 0.201. The van der Waals surface area contributed by atoms with E-state index >= 15 is 0 Å². The minimum atomic E-state index is -0.384. The van der Waals surface area contributed by atoms with Crippen molar-refractivity contribution in [1.29, 1.82) is 0 Å². The first-order valence-corrected chi connectivity index (χ1v) is 12.3. The van der Waals surface area contributed by atoms with Gasteiger partial charge in [0.25, 0.3) is 11.6 Å². The van der Waals surface area contributed by atoms with Gasteiger partial charge in [-0.1, -0.05) is 48.5 Å². The van der Waals surface area contributed by atoms with Crippen LogP contribution < -0.4 is 5.32 Å². The predicted octanol–water partition coefficient (Wildman–Crippen LogP) is 6.26. The van der Waals surface area contributed by atoms with Crippen LogP contribution in [0.15, 0.2) is 82.8 Å². The van der Waals surface area contributed by atoms with Crippen molar-refractivity contribution in [3.8, 4) is 0 Å². The number of carbonyl (C=O) groups is 1. The molecule has 0 saturated carbocycles. The van der Waals surface area contributed by atoms with E-state index in [2.05, 4.69) is 60.9 Å². The third kappa shape index (κ3) is 5.51. The van der Waals surface area contributed by atoms with Gasteiger partial charge in [0.05, 0.1) is 19.7 Å². The van der Waals surface area contributed by atoms with E-state index in [-0.39, 0.29) is 16.5 Å². The van der Waals surface area contributed by atoms with Crippen LogP contribution in [0, 0.1) is 13.7 Å². The minimum absolute atomic E-state index is 0.0106. The Morgan fingerprint density at radius 1 is 1.06 bits per heavy atom. The van der Waals surface area contributed by atoms with Crippen molar-refractivity contribution < 1.29 is 9.72 Å². The van der Waals surface area contributed by atoms with E-state index < -0.39 is 0 Å². The largest absolute Gasteiger partial charge is 0.321 e. The van der Waals surface area contributed by atoms with Crippen molar-refractivity contribution in [2.24, 2.45) is 0 Å². The van der Waals surface area contributed by atoms with Crippen LogP contribution in [0.2, 0.25) is 0 Å². The van der Waals surface area contributed by atoms with Crippen molar-refractivity contribution in [3.05, 3.63) is 108 Å². The van der Waals surface area contributed by atoms with Crippen molar-refractivity contribution >= 4 is 61.4 Å². The van der Waals surface area contributed by atoms with Crippen LogP contribution in [-0.2, 0) is 11.3 Å². The summed E-state index contributed by atoms with van der Waals surface area (Å²) in [5, 5.41) is 14.8. The molecule has 0 radical (unpaired) electrons. The summed E-state index contributed by atoms with van der Waals surface area (Å²) in [6, 6.07) is 22.4. The van der Waals surface area contributed by atoms with Gasteiger partial charge in [0.2, 0.25) is 0 Å². The third-order valence-corrected chi connectivity index (χ3v) is 8.14. The van der Waals surface area contributed by atoms with Gasteiger partial charge in [-0.2, -0.15) is 0 Å². The Morgan fingerprint density at radius 2 is 1.79 bits per heavy atom. The SMILES string of the molecule is O=C(Nc1cccc(Br)c1I)C1=C(c2ccccc2[N+](=O)[O-])CN(Cc2ccccc2)CC1. The highest BCUT2D eigenvalue weighted by Crippen LogP contribution is 2.34. The van der Waals surface area contributed by atoms with E-state index in [0.29, 0.717) is 48.5 Å². The maximum absolute atomic E-state index is 13.4. The second kappa shape index (κ2) is 10.6. The molecule has 1 amide bonds. The fourth-order valence-electron chi connectivity index (χ4n) is 3.98. The Balaban J connectivity index is 1.71. The van der Waals surface area contributed by atoms with Crippen LogP contribution in [0.4, 0.5) is 11.4 Å². The molecular formula is C25H21BrIN3O3. The molecular weight excluding hydrogens is 597 g/mol. The number of nitro benzene ring substituents is 1. The summed E-state index contributed by atoms with van der Waals surface area (Å²) in [6.07, 6.45) is 0.505. The Hall–Kier alpha value is -2.56. The number of para-hydroxylation sites is 1. The molecule has 8 heteroatoms. The normalized spacial score (nSPS) is 14.2. The number of nitrogens with zero attached hydrogens (tertiary/aromatic N) is 2. The molecule has 0 bridgehead atoms. The molecule has 3 aromatic carbocycles. The van der Waals surface area contributed by atoms with E-state index in [1.807, 2.05) is 36.4 Å². The summed E-state index contributed by atoms with van der Waals surface area (Å²) in [5.74, 6) is -0.224. The van der Waals surface area contributed by atoms with E-state index in [1.165, 1.54) is 6.07 Å². The average molecular weight is 618 g/mol. The zero-order valence-electron chi connectivity index (χ0n) is 17.6. The zero-order valence-corrected chi connectivity index (χ0v) is 21.4. The lowest BCUT2D eigenvalue weighted by Gasteiger charge is -2.30. The fraction of sp³-hybridized carbons (Fsp3) is 0.160. The molecule has 0 aliphatic carbocycles. The molecule has 0 fully saturated rings. The van der Waals surface area contributed by atoms with Crippen molar-refractivity contribution in [1.82, 2.24) is 4.90 Å². The summed E-state index contributed by atoms with van der Waals surface area (Å²) in [6.45, 7) is 1.86. The van der Waals surface area contributed by atoms with Crippen LogP contribution in [0.1, 0.15) is 17.5 Å². The average Bonchev–Trinajstić information content (AvgIpc) is 2.82. The van der Waals surface area contributed by atoms with Crippen LogP contribution in [0.3, 0.4) is 0 Å². The van der Waals surface area contributed by atoms with E-state index in [4.69, 9.17) is 0 Å². The van der Waals surface area contributed by atoms with Crippen molar-refractivity contribution in [2.45, 2.75) is 13.0 Å². The lowest BCUT2D eigenvalue weighted by Crippen LogP contribution is -2.34. The summed E-state index contributed by atoms with van der Waals surface area (Å²) < 4.78 is 1.80. The summed E-state index contributed by atoms with van der Waals surface area (Å²) >= 11 is 5.67. The lowest BCUT2D eigenvalue weighted by atomic mass is 9.92. The molecule has 0 unspecified atom stereocenters. The molecule has 0 atom stereocenters. The van der Waals surface area contributed by atoms with Crippen LogP contribution in [-0.4, -0.2) is 28.8 Å². The van der Waals surface area contributed by atoms with E-state index in [0.717, 1.165) is 13.6 Å². The third-order valence-electron chi connectivity index (χ3n) is 5.57. The Morgan fingerprint density at radius 3 is 2.55 bits per heavy atom. The standard InChI is InChI=1S/C25H21BrIN3O3/c26-21-10-6-11-22(24(21)27)28-25(31)19-13-14-29(15-17-7-2-1-3-8-17)16-20(19)18-9-4-5-12-23(18)30(32)33/h1-12H,13-16H2,(H,28,31). The smallest absolute Gasteiger partial charge is 0.276 e. The van der Waals surface area contributed by atoms with Gasteiger partial charge in [0.1, 0.15) is 0 Å². The van der Waals surface area contributed by atoms with Crippen LogP contribution in [0.25, 0.3) is 5.57 Å². The second-order valence-electron chi connectivity index (χ2n) is 7.73. The molecule has 0 spiro atoms. The van der Waals surface area contributed by atoms with Gasteiger partial charge in [0.15, 0.2) is 0 Å². The van der Waals surface area contributed by atoms with Gasteiger partial charge >= 0.3 is 0 Å². The monoisotopic (exact) mass is 617 g/mol. The van der Waals surface area contributed by atoms with Gasteiger partial charge in [-0.25, -0.2) is 0 Å². The topological polar surface area (TPSA) is 75.5 Å². The molecule has 1 aliphatic rings. The predicted molar refractivity (Wildman–Crippen MR) is 142 cm³/mol. The number of halogens is 2. The van der Waals surface area contributed by atoms with Gasteiger partial charge in [-0.3, -0.25) is 19.8 Å². The number of nitro groups is 1. The number of anilines is 1. The first kappa shape index (κ1) is 23.6. The second-order valence-corrected chi connectivity index (χ2v) is 9.67. The molecule has 168 valence electrons. The highest BCUT2D eigenvalue weighted by molar-refractivity contribution is 14.1. The Kier molecular flexibility index (Phi) is 7.56.